The number of aromatic nitrogens is 2. The molecular formula is C21H22ClN3O2. The topological polar surface area (TPSA) is 56.1 Å². The summed E-state index contributed by atoms with van der Waals surface area (Å²) < 4.78 is 7.01. The quantitative estimate of drug-likeness (QED) is 0.668. The number of ether oxygens (including phenoxy) is 1. The summed E-state index contributed by atoms with van der Waals surface area (Å²) in [5.74, 6) is 0.429. The first-order valence-electron chi connectivity index (χ1n) is 8.74. The SMILES string of the molecule is COc1cccc(C(NC(=O)C(C)Cn2cc(Cl)cn2)c2ccccc2)c1. The summed E-state index contributed by atoms with van der Waals surface area (Å²) >= 11 is 5.90. The first kappa shape index (κ1) is 19.0. The molecular weight excluding hydrogens is 362 g/mol. The van der Waals surface area contributed by atoms with Crippen molar-refractivity contribution in [1.82, 2.24) is 15.1 Å². The van der Waals surface area contributed by atoms with E-state index in [2.05, 4.69) is 10.4 Å². The molecule has 2 atom stereocenters. The van der Waals surface area contributed by atoms with E-state index in [0.29, 0.717) is 11.6 Å². The molecule has 0 fully saturated rings. The van der Waals surface area contributed by atoms with Crippen molar-refractivity contribution in [2.24, 2.45) is 5.92 Å². The Hall–Kier alpha value is -2.79. The van der Waals surface area contributed by atoms with Crippen molar-refractivity contribution in [3.8, 4) is 5.75 Å². The number of hydrogen-bond donors (Lipinski definition) is 1. The zero-order valence-electron chi connectivity index (χ0n) is 15.3. The Morgan fingerprint density at radius 3 is 2.59 bits per heavy atom. The zero-order valence-corrected chi connectivity index (χ0v) is 16.1. The molecule has 2 unspecified atom stereocenters. The van der Waals surface area contributed by atoms with Gasteiger partial charge in [-0.15, -0.1) is 0 Å². The Morgan fingerprint density at radius 1 is 1.19 bits per heavy atom. The van der Waals surface area contributed by atoms with Crippen molar-refractivity contribution in [3.05, 3.63) is 83.1 Å². The summed E-state index contributed by atoms with van der Waals surface area (Å²) in [6.45, 7) is 2.33. The fourth-order valence-corrected chi connectivity index (χ4v) is 3.07. The van der Waals surface area contributed by atoms with E-state index in [9.17, 15) is 4.79 Å². The average molecular weight is 384 g/mol. The van der Waals surface area contributed by atoms with Crippen LogP contribution in [0.1, 0.15) is 24.1 Å². The second-order valence-electron chi connectivity index (χ2n) is 6.41. The Bertz CT molecular complexity index is 895. The lowest BCUT2D eigenvalue weighted by molar-refractivity contribution is -0.125. The standard InChI is InChI=1S/C21H22ClN3O2/c1-15(13-25-14-18(22)12-23-25)21(26)24-20(16-7-4-3-5-8-16)17-9-6-10-19(11-17)27-2/h3-12,14-15,20H,13H2,1-2H3,(H,24,26). The van der Waals surface area contributed by atoms with Crippen LogP contribution in [0.5, 0.6) is 5.75 Å². The van der Waals surface area contributed by atoms with Gasteiger partial charge < -0.3 is 10.1 Å². The van der Waals surface area contributed by atoms with Crippen LogP contribution >= 0.6 is 11.6 Å². The van der Waals surface area contributed by atoms with Crippen molar-refractivity contribution in [2.75, 3.05) is 7.11 Å². The molecule has 140 valence electrons. The number of benzene rings is 2. The Kier molecular flexibility index (Phi) is 6.14. The van der Waals surface area contributed by atoms with Crippen molar-refractivity contribution in [1.29, 1.82) is 0 Å². The molecule has 1 aromatic heterocycles. The van der Waals surface area contributed by atoms with Crippen LogP contribution in [0.4, 0.5) is 0 Å². The minimum Gasteiger partial charge on any atom is -0.497 e. The summed E-state index contributed by atoms with van der Waals surface area (Å²) in [5.41, 5.74) is 1.97. The summed E-state index contributed by atoms with van der Waals surface area (Å²) in [5, 5.41) is 7.86. The van der Waals surface area contributed by atoms with E-state index in [0.717, 1.165) is 16.9 Å². The number of nitrogens with one attached hydrogen (secondary N) is 1. The van der Waals surface area contributed by atoms with Gasteiger partial charge in [-0.25, -0.2) is 0 Å². The molecule has 1 N–H and O–H groups in total. The Balaban J connectivity index is 1.81. The third-order valence-corrected chi connectivity index (χ3v) is 4.55. The lowest BCUT2D eigenvalue weighted by Gasteiger charge is -2.22. The van der Waals surface area contributed by atoms with Gasteiger partial charge in [-0.1, -0.05) is 61.0 Å². The van der Waals surface area contributed by atoms with Gasteiger partial charge in [-0.2, -0.15) is 5.10 Å². The predicted octanol–water partition coefficient (Wildman–Crippen LogP) is 4.09. The lowest BCUT2D eigenvalue weighted by Crippen LogP contribution is -2.35. The molecule has 5 nitrogen and oxygen atoms in total. The van der Waals surface area contributed by atoms with Gasteiger partial charge in [-0.3, -0.25) is 9.48 Å². The minimum atomic E-state index is -0.266. The van der Waals surface area contributed by atoms with Crippen LogP contribution < -0.4 is 10.1 Å². The highest BCUT2D eigenvalue weighted by molar-refractivity contribution is 6.30. The highest BCUT2D eigenvalue weighted by atomic mass is 35.5. The van der Waals surface area contributed by atoms with Gasteiger partial charge in [0.25, 0.3) is 0 Å². The summed E-state index contributed by atoms with van der Waals surface area (Å²) in [7, 11) is 1.63. The van der Waals surface area contributed by atoms with Gasteiger partial charge in [0.05, 0.1) is 36.8 Å². The predicted molar refractivity (Wildman–Crippen MR) is 106 cm³/mol. The van der Waals surface area contributed by atoms with Crippen molar-refractivity contribution in [2.45, 2.75) is 19.5 Å². The molecule has 0 radical (unpaired) electrons. The number of carbonyl (C=O) groups excluding carboxylic acids is 1. The molecule has 0 saturated heterocycles. The second kappa shape index (κ2) is 8.73. The van der Waals surface area contributed by atoms with Gasteiger partial charge in [0, 0.05) is 6.20 Å². The smallest absolute Gasteiger partial charge is 0.225 e. The van der Waals surface area contributed by atoms with Crippen molar-refractivity contribution in [3.63, 3.8) is 0 Å². The molecule has 27 heavy (non-hydrogen) atoms. The third-order valence-electron chi connectivity index (χ3n) is 4.36. The van der Waals surface area contributed by atoms with E-state index in [1.807, 2.05) is 61.5 Å². The number of amides is 1. The molecule has 1 heterocycles. The largest absolute Gasteiger partial charge is 0.497 e. The van der Waals surface area contributed by atoms with E-state index < -0.39 is 0 Å². The number of nitrogens with zero attached hydrogens (tertiary/aromatic N) is 2. The first-order chi connectivity index (χ1) is 13.1. The Morgan fingerprint density at radius 2 is 1.93 bits per heavy atom. The number of rotatable bonds is 7. The number of carbonyl (C=O) groups is 1. The maximum Gasteiger partial charge on any atom is 0.225 e. The van der Waals surface area contributed by atoms with Crippen LogP contribution in [0.3, 0.4) is 0 Å². The van der Waals surface area contributed by atoms with E-state index in [1.54, 1.807) is 24.2 Å². The van der Waals surface area contributed by atoms with E-state index in [4.69, 9.17) is 16.3 Å². The molecule has 0 aliphatic rings. The Labute approximate surface area is 163 Å². The normalized spacial score (nSPS) is 13.0. The monoisotopic (exact) mass is 383 g/mol. The van der Waals surface area contributed by atoms with Crippen LogP contribution in [-0.4, -0.2) is 22.8 Å². The van der Waals surface area contributed by atoms with Gasteiger partial charge in [0.15, 0.2) is 0 Å². The van der Waals surface area contributed by atoms with Crippen molar-refractivity contribution >= 4 is 17.5 Å². The van der Waals surface area contributed by atoms with Crippen LogP contribution in [-0.2, 0) is 11.3 Å². The molecule has 0 aliphatic carbocycles. The molecule has 3 rings (SSSR count). The zero-order chi connectivity index (χ0) is 19.2. The fourth-order valence-electron chi connectivity index (χ4n) is 2.91. The number of hydrogen-bond acceptors (Lipinski definition) is 3. The van der Waals surface area contributed by atoms with Crippen molar-refractivity contribution < 1.29 is 9.53 Å². The molecule has 1 amide bonds. The molecule has 2 aromatic carbocycles. The molecule has 0 aliphatic heterocycles. The summed E-state index contributed by atoms with van der Waals surface area (Å²) in [6.07, 6.45) is 3.28. The van der Waals surface area contributed by atoms with Crippen LogP contribution in [0.25, 0.3) is 0 Å². The highest BCUT2D eigenvalue weighted by Crippen LogP contribution is 2.25. The van der Waals surface area contributed by atoms with E-state index in [1.165, 1.54) is 0 Å². The first-order valence-corrected chi connectivity index (χ1v) is 9.12. The van der Waals surface area contributed by atoms with Crippen LogP contribution in [0.15, 0.2) is 67.0 Å². The van der Waals surface area contributed by atoms with Crippen LogP contribution in [0.2, 0.25) is 5.02 Å². The minimum absolute atomic E-state index is 0.0571. The van der Waals surface area contributed by atoms with Gasteiger partial charge in [0.1, 0.15) is 5.75 Å². The molecule has 0 bridgehead atoms. The molecule has 3 aromatic rings. The maximum absolute atomic E-state index is 12.8. The number of methoxy groups -OCH3 is 1. The lowest BCUT2D eigenvalue weighted by atomic mass is 9.97. The van der Waals surface area contributed by atoms with Gasteiger partial charge in [0.2, 0.25) is 5.91 Å². The van der Waals surface area contributed by atoms with E-state index in [-0.39, 0.29) is 17.9 Å². The fraction of sp³-hybridized carbons (Fsp3) is 0.238. The molecule has 0 saturated carbocycles. The van der Waals surface area contributed by atoms with E-state index >= 15 is 0 Å². The third kappa shape index (κ3) is 4.89. The molecule has 6 heteroatoms. The second-order valence-corrected chi connectivity index (χ2v) is 6.85. The highest BCUT2D eigenvalue weighted by Gasteiger charge is 2.21. The van der Waals surface area contributed by atoms with Gasteiger partial charge in [-0.05, 0) is 23.3 Å². The molecule has 0 spiro atoms. The van der Waals surface area contributed by atoms with Gasteiger partial charge >= 0.3 is 0 Å². The van der Waals surface area contributed by atoms with Crippen LogP contribution in [0, 0.1) is 5.92 Å². The summed E-state index contributed by atoms with van der Waals surface area (Å²) in [6, 6.07) is 17.4. The maximum atomic E-state index is 12.8. The number of halogens is 1. The summed E-state index contributed by atoms with van der Waals surface area (Å²) in [4.78, 5) is 12.8. The average Bonchev–Trinajstić information content (AvgIpc) is 3.11.